The maximum absolute atomic E-state index is 5.78. The number of rotatable bonds is 4. The van der Waals surface area contributed by atoms with Crippen molar-refractivity contribution in [3.05, 3.63) is 17.5 Å². The zero-order valence-electron chi connectivity index (χ0n) is 17.5. The van der Waals surface area contributed by atoms with E-state index in [4.69, 9.17) is 14.7 Å². The lowest BCUT2D eigenvalue weighted by Gasteiger charge is -2.31. The number of thiophene rings is 1. The molecule has 1 aliphatic carbocycles. The lowest BCUT2D eigenvalue weighted by molar-refractivity contribution is 0.120. The Morgan fingerprint density at radius 3 is 2.73 bits per heavy atom. The van der Waals surface area contributed by atoms with Crippen LogP contribution in [0, 0.1) is 0 Å². The number of fused-ring (bicyclic) bond motifs is 5. The molecule has 3 aromatic heterocycles. The van der Waals surface area contributed by atoms with Gasteiger partial charge in [-0.25, -0.2) is 15.0 Å². The van der Waals surface area contributed by atoms with E-state index in [1.54, 1.807) is 17.7 Å². The third-order valence-corrected chi connectivity index (χ3v) is 7.96. The minimum absolute atomic E-state index is 0.293. The molecule has 2 aliphatic heterocycles. The van der Waals surface area contributed by atoms with Crippen LogP contribution in [0.4, 0.5) is 11.6 Å². The third-order valence-electron chi connectivity index (χ3n) is 6.88. The number of pyridine rings is 1. The van der Waals surface area contributed by atoms with E-state index in [1.807, 2.05) is 0 Å². The molecule has 1 N–H and O–H groups in total. The van der Waals surface area contributed by atoms with Crippen LogP contribution >= 0.6 is 11.3 Å². The molecule has 2 fully saturated rings. The van der Waals surface area contributed by atoms with Gasteiger partial charge in [0, 0.05) is 31.6 Å². The van der Waals surface area contributed by atoms with Crippen molar-refractivity contribution in [2.24, 2.45) is 0 Å². The molecule has 1 unspecified atom stereocenters. The second-order valence-corrected chi connectivity index (χ2v) is 9.84. The van der Waals surface area contributed by atoms with Crippen molar-refractivity contribution in [1.82, 2.24) is 15.0 Å². The highest BCUT2D eigenvalue weighted by Gasteiger charge is 2.26. The lowest BCUT2D eigenvalue weighted by atomic mass is 9.89. The Bertz CT molecular complexity index is 1070. The molecule has 158 valence electrons. The normalized spacial score (nSPS) is 22.0. The van der Waals surface area contributed by atoms with Crippen molar-refractivity contribution in [2.45, 2.75) is 63.9 Å². The predicted molar refractivity (Wildman–Crippen MR) is 123 cm³/mol. The standard InChI is InChI=1S/C23H29N5OS/c1-4-10-28(11-5-1)22-17-9-3-2-8-16(17)18-19-20(30-23(18)27-22)21(26-14-25-19)24-13-15-7-6-12-29-15/h14-15H,1-13H2,(H,24,25,26). The van der Waals surface area contributed by atoms with Gasteiger partial charge in [0.1, 0.15) is 22.8 Å². The maximum Gasteiger partial charge on any atom is 0.147 e. The average molecular weight is 424 g/mol. The summed E-state index contributed by atoms with van der Waals surface area (Å²) in [6.07, 6.45) is 13.0. The fraction of sp³-hybridized carbons (Fsp3) is 0.609. The first-order valence-corrected chi connectivity index (χ1v) is 12.4. The first kappa shape index (κ1) is 18.8. The highest BCUT2D eigenvalue weighted by Crippen LogP contribution is 2.43. The molecule has 30 heavy (non-hydrogen) atoms. The Hall–Kier alpha value is -1.99. The zero-order chi connectivity index (χ0) is 19.9. The molecule has 0 spiro atoms. The molecule has 6 rings (SSSR count). The van der Waals surface area contributed by atoms with Gasteiger partial charge in [-0.05, 0) is 68.9 Å². The van der Waals surface area contributed by atoms with Gasteiger partial charge in [-0.1, -0.05) is 0 Å². The average Bonchev–Trinajstić information content (AvgIpc) is 3.45. The van der Waals surface area contributed by atoms with E-state index >= 15 is 0 Å². The van der Waals surface area contributed by atoms with Crippen LogP contribution in [-0.4, -0.2) is 47.3 Å². The van der Waals surface area contributed by atoms with Crippen LogP contribution in [0.2, 0.25) is 0 Å². The summed E-state index contributed by atoms with van der Waals surface area (Å²) in [6, 6.07) is 0. The second-order valence-electron chi connectivity index (χ2n) is 8.85. The van der Waals surface area contributed by atoms with Gasteiger partial charge in [0.25, 0.3) is 0 Å². The number of nitrogens with one attached hydrogen (secondary N) is 1. The van der Waals surface area contributed by atoms with E-state index in [2.05, 4.69) is 15.2 Å². The smallest absolute Gasteiger partial charge is 0.147 e. The Morgan fingerprint density at radius 2 is 1.90 bits per heavy atom. The molecule has 7 heteroatoms. The van der Waals surface area contributed by atoms with E-state index in [1.165, 1.54) is 54.4 Å². The summed E-state index contributed by atoms with van der Waals surface area (Å²) in [5, 5.41) is 4.83. The fourth-order valence-electron chi connectivity index (χ4n) is 5.35. The molecule has 1 atom stereocenters. The Kier molecular flexibility index (Phi) is 4.96. The van der Waals surface area contributed by atoms with Gasteiger partial charge >= 0.3 is 0 Å². The van der Waals surface area contributed by atoms with Crippen LogP contribution in [-0.2, 0) is 17.6 Å². The molecule has 0 radical (unpaired) electrons. The number of aryl methyl sites for hydroxylation is 1. The van der Waals surface area contributed by atoms with Crippen molar-refractivity contribution in [3.8, 4) is 0 Å². The summed E-state index contributed by atoms with van der Waals surface area (Å²) in [6.45, 7) is 3.97. The van der Waals surface area contributed by atoms with E-state index < -0.39 is 0 Å². The van der Waals surface area contributed by atoms with Crippen LogP contribution in [0.25, 0.3) is 20.4 Å². The van der Waals surface area contributed by atoms with E-state index in [0.717, 1.165) is 72.8 Å². The predicted octanol–water partition coefficient (Wildman–Crippen LogP) is 4.70. The number of aromatic nitrogens is 3. The second kappa shape index (κ2) is 7.93. The Balaban J connectivity index is 1.46. The van der Waals surface area contributed by atoms with Gasteiger partial charge in [-0.2, -0.15) is 0 Å². The van der Waals surface area contributed by atoms with E-state index in [-0.39, 0.29) is 0 Å². The van der Waals surface area contributed by atoms with Crippen molar-refractivity contribution in [1.29, 1.82) is 0 Å². The van der Waals surface area contributed by atoms with Crippen LogP contribution in [0.5, 0.6) is 0 Å². The number of hydrogen-bond acceptors (Lipinski definition) is 7. The fourth-order valence-corrected chi connectivity index (χ4v) is 6.47. The van der Waals surface area contributed by atoms with Crippen molar-refractivity contribution < 1.29 is 4.74 Å². The quantitative estimate of drug-likeness (QED) is 0.656. The van der Waals surface area contributed by atoms with Crippen molar-refractivity contribution >= 4 is 43.4 Å². The minimum atomic E-state index is 0.293. The van der Waals surface area contributed by atoms with Crippen LogP contribution in [0.1, 0.15) is 56.1 Å². The van der Waals surface area contributed by atoms with Crippen LogP contribution in [0.15, 0.2) is 6.33 Å². The third kappa shape index (κ3) is 3.23. The van der Waals surface area contributed by atoms with Gasteiger partial charge in [-0.3, -0.25) is 0 Å². The SMILES string of the molecule is c1nc(NCC2CCCO2)c2sc3nc(N4CCCCC4)c4c(c3c2n1)CCCC4. The topological polar surface area (TPSA) is 63.2 Å². The maximum atomic E-state index is 5.78. The summed E-state index contributed by atoms with van der Waals surface area (Å²) < 4.78 is 6.92. The molecule has 3 aliphatic rings. The van der Waals surface area contributed by atoms with E-state index in [9.17, 15) is 0 Å². The molecule has 5 heterocycles. The lowest BCUT2D eigenvalue weighted by Crippen LogP contribution is -2.31. The minimum Gasteiger partial charge on any atom is -0.376 e. The first-order chi connectivity index (χ1) is 14.9. The van der Waals surface area contributed by atoms with Gasteiger partial charge in [0.05, 0.1) is 16.3 Å². The van der Waals surface area contributed by atoms with E-state index in [0.29, 0.717) is 6.10 Å². The van der Waals surface area contributed by atoms with Gasteiger partial charge in [0.2, 0.25) is 0 Å². The monoisotopic (exact) mass is 423 g/mol. The summed E-state index contributed by atoms with van der Waals surface area (Å²) in [5.74, 6) is 2.19. The summed E-state index contributed by atoms with van der Waals surface area (Å²) >= 11 is 1.76. The Labute approximate surface area is 181 Å². The van der Waals surface area contributed by atoms with Crippen LogP contribution in [0.3, 0.4) is 0 Å². The van der Waals surface area contributed by atoms with Gasteiger partial charge in [-0.15, -0.1) is 11.3 Å². The van der Waals surface area contributed by atoms with Crippen LogP contribution < -0.4 is 10.2 Å². The summed E-state index contributed by atoms with van der Waals surface area (Å²) in [5.41, 5.74) is 4.07. The molecule has 0 saturated carbocycles. The number of ether oxygens (including phenoxy) is 1. The molecule has 6 nitrogen and oxygen atoms in total. The first-order valence-electron chi connectivity index (χ1n) is 11.6. The number of nitrogens with zero attached hydrogens (tertiary/aromatic N) is 4. The largest absolute Gasteiger partial charge is 0.376 e. The molecular formula is C23H29N5OS. The molecule has 2 saturated heterocycles. The molecule has 0 amide bonds. The van der Waals surface area contributed by atoms with Gasteiger partial charge in [0.15, 0.2) is 0 Å². The number of piperidine rings is 1. The molecule has 0 aromatic carbocycles. The molecule has 0 bridgehead atoms. The number of hydrogen-bond donors (Lipinski definition) is 1. The molecular weight excluding hydrogens is 394 g/mol. The Morgan fingerprint density at radius 1 is 1.03 bits per heavy atom. The van der Waals surface area contributed by atoms with Crippen molar-refractivity contribution in [2.75, 3.05) is 36.5 Å². The number of anilines is 2. The highest BCUT2D eigenvalue weighted by atomic mass is 32.1. The highest BCUT2D eigenvalue weighted by molar-refractivity contribution is 7.26. The summed E-state index contributed by atoms with van der Waals surface area (Å²) in [4.78, 5) is 18.2. The zero-order valence-corrected chi connectivity index (χ0v) is 18.3. The molecule has 3 aromatic rings. The van der Waals surface area contributed by atoms with Crippen molar-refractivity contribution in [3.63, 3.8) is 0 Å². The van der Waals surface area contributed by atoms with Gasteiger partial charge < -0.3 is 15.0 Å². The summed E-state index contributed by atoms with van der Waals surface area (Å²) in [7, 11) is 0.